The second kappa shape index (κ2) is 5.26. The first-order chi connectivity index (χ1) is 9.02. The van der Waals surface area contributed by atoms with E-state index in [0.717, 1.165) is 11.3 Å². The highest BCUT2D eigenvalue weighted by molar-refractivity contribution is 6.02. The number of rotatable bonds is 4. The van der Waals surface area contributed by atoms with Crippen LogP contribution in [0.3, 0.4) is 0 Å². The quantitative estimate of drug-likeness (QED) is 0.886. The number of H-pyrrole nitrogens is 1. The Labute approximate surface area is 112 Å². The fourth-order valence-corrected chi connectivity index (χ4v) is 1.79. The Morgan fingerprint density at radius 3 is 2.79 bits per heavy atom. The molecule has 2 rings (SSSR count). The lowest BCUT2D eigenvalue weighted by Gasteiger charge is -2.05. The van der Waals surface area contributed by atoms with Gasteiger partial charge < -0.3 is 5.32 Å². The van der Waals surface area contributed by atoms with Crippen molar-refractivity contribution in [2.45, 2.75) is 40.2 Å². The van der Waals surface area contributed by atoms with Gasteiger partial charge in [-0.05, 0) is 25.8 Å². The molecule has 6 nitrogen and oxygen atoms in total. The molecule has 2 aromatic heterocycles. The first-order valence-electron chi connectivity index (χ1n) is 6.42. The molecule has 0 atom stereocenters. The van der Waals surface area contributed by atoms with Gasteiger partial charge in [0.15, 0.2) is 0 Å². The molecule has 0 aliphatic rings. The minimum Gasteiger partial charge on any atom is -0.305 e. The SMILES string of the molecule is CCn1nc(C(C)C)cc1C(=O)Nc1[nH]ncc1C. The standard InChI is InChI=1S/C13H19N5O/c1-5-18-11(6-10(17-18)8(2)3)13(19)15-12-9(4)7-14-16-12/h6-8H,5H2,1-4H3,(H2,14,15,16,19). The lowest BCUT2D eigenvalue weighted by molar-refractivity contribution is 0.101. The first kappa shape index (κ1) is 13.3. The topological polar surface area (TPSA) is 75.6 Å². The maximum atomic E-state index is 12.3. The van der Waals surface area contributed by atoms with Crippen molar-refractivity contribution in [3.05, 3.63) is 29.2 Å². The summed E-state index contributed by atoms with van der Waals surface area (Å²) in [7, 11) is 0. The van der Waals surface area contributed by atoms with Crippen molar-refractivity contribution in [1.29, 1.82) is 0 Å². The number of anilines is 1. The number of amides is 1. The summed E-state index contributed by atoms with van der Waals surface area (Å²) in [5.41, 5.74) is 2.40. The van der Waals surface area contributed by atoms with Crippen LogP contribution in [0.2, 0.25) is 0 Å². The van der Waals surface area contributed by atoms with Crippen molar-refractivity contribution in [2.24, 2.45) is 0 Å². The van der Waals surface area contributed by atoms with Crippen molar-refractivity contribution in [3.8, 4) is 0 Å². The van der Waals surface area contributed by atoms with Crippen LogP contribution in [-0.4, -0.2) is 25.9 Å². The molecule has 19 heavy (non-hydrogen) atoms. The zero-order valence-corrected chi connectivity index (χ0v) is 11.7. The second-order valence-electron chi connectivity index (χ2n) is 4.81. The number of carbonyl (C=O) groups is 1. The van der Waals surface area contributed by atoms with Crippen LogP contribution in [0.4, 0.5) is 5.82 Å². The number of nitrogens with zero attached hydrogens (tertiary/aromatic N) is 3. The number of nitrogens with one attached hydrogen (secondary N) is 2. The Bertz CT molecular complexity index is 582. The minimum absolute atomic E-state index is 0.173. The molecule has 0 radical (unpaired) electrons. The van der Waals surface area contributed by atoms with Crippen LogP contribution in [0.15, 0.2) is 12.3 Å². The third kappa shape index (κ3) is 2.67. The van der Waals surface area contributed by atoms with E-state index in [0.29, 0.717) is 24.0 Å². The fraction of sp³-hybridized carbons (Fsp3) is 0.462. The molecule has 2 heterocycles. The van der Waals surface area contributed by atoms with Gasteiger partial charge in [-0.2, -0.15) is 10.2 Å². The Hall–Kier alpha value is -2.11. The van der Waals surface area contributed by atoms with Crippen LogP contribution in [-0.2, 0) is 6.54 Å². The Kier molecular flexibility index (Phi) is 3.69. The van der Waals surface area contributed by atoms with Gasteiger partial charge in [0.25, 0.3) is 5.91 Å². The van der Waals surface area contributed by atoms with Crippen LogP contribution < -0.4 is 5.32 Å². The highest BCUT2D eigenvalue weighted by Crippen LogP contribution is 2.16. The monoisotopic (exact) mass is 261 g/mol. The summed E-state index contributed by atoms with van der Waals surface area (Å²) in [4.78, 5) is 12.3. The molecular formula is C13H19N5O. The minimum atomic E-state index is -0.173. The van der Waals surface area contributed by atoms with Crippen molar-refractivity contribution in [2.75, 3.05) is 5.32 Å². The maximum Gasteiger partial charge on any atom is 0.275 e. The smallest absolute Gasteiger partial charge is 0.275 e. The average Bonchev–Trinajstić information content (AvgIpc) is 2.96. The Morgan fingerprint density at radius 1 is 1.53 bits per heavy atom. The molecule has 102 valence electrons. The summed E-state index contributed by atoms with van der Waals surface area (Å²) in [6.45, 7) is 8.63. The second-order valence-corrected chi connectivity index (χ2v) is 4.81. The molecule has 0 fully saturated rings. The number of aromatic amines is 1. The highest BCUT2D eigenvalue weighted by atomic mass is 16.2. The molecule has 0 saturated heterocycles. The molecule has 0 unspecified atom stereocenters. The molecule has 0 spiro atoms. The van der Waals surface area contributed by atoms with Crippen molar-refractivity contribution >= 4 is 11.7 Å². The van der Waals surface area contributed by atoms with Gasteiger partial charge in [-0.25, -0.2) is 0 Å². The van der Waals surface area contributed by atoms with Crippen LogP contribution in [0.5, 0.6) is 0 Å². The summed E-state index contributed by atoms with van der Waals surface area (Å²) in [6.07, 6.45) is 1.67. The van der Waals surface area contributed by atoms with Gasteiger partial charge in [0.1, 0.15) is 11.5 Å². The average molecular weight is 261 g/mol. The van der Waals surface area contributed by atoms with Crippen molar-refractivity contribution in [3.63, 3.8) is 0 Å². The molecular weight excluding hydrogens is 242 g/mol. The number of aromatic nitrogens is 4. The van der Waals surface area contributed by atoms with Crippen LogP contribution >= 0.6 is 0 Å². The van der Waals surface area contributed by atoms with E-state index in [4.69, 9.17) is 0 Å². The van der Waals surface area contributed by atoms with E-state index in [-0.39, 0.29) is 5.91 Å². The van der Waals surface area contributed by atoms with E-state index in [9.17, 15) is 4.79 Å². The zero-order chi connectivity index (χ0) is 14.0. The van der Waals surface area contributed by atoms with Crippen LogP contribution in [0, 0.1) is 6.92 Å². The van der Waals surface area contributed by atoms with E-state index in [1.54, 1.807) is 10.9 Å². The predicted octanol–water partition coefficient (Wildman–Crippen LogP) is 2.31. The van der Waals surface area contributed by atoms with Crippen molar-refractivity contribution in [1.82, 2.24) is 20.0 Å². The predicted molar refractivity (Wildman–Crippen MR) is 73.3 cm³/mol. The van der Waals surface area contributed by atoms with Gasteiger partial charge in [0.2, 0.25) is 0 Å². The largest absolute Gasteiger partial charge is 0.305 e. The first-order valence-corrected chi connectivity index (χ1v) is 6.42. The van der Waals surface area contributed by atoms with E-state index >= 15 is 0 Å². The molecule has 0 aliphatic heterocycles. The Morgan fingerprint density at radius 2 is 2.26 bits per heavy atom. The van der Waals surface area contributed by atoms with Gasteiger partial charge in [0.05, 0.1) is 11.9 Å². The summed E-state index contributed by atoms with van der Waals surface area (Å²) in [5.74, 6) is 0.752. The summed E-state index contributed by atoms with van der Waals surface area (Å²) in [5, 5.41) is 13.9. The van der Waals surface area contributed by atoms with Gasteiger partial charge >= 0.3 is 0 Å². The highest BCUT2D eigenvalue weighted by Gasteiger charge is 2.17. The molecule has 0 saturated carbocycles. The summed E-state index contributed by atoms with van der Waals surface area (Å²) in [6, 6.07) is 1.84. The maximum absolute atomic E-state index is 12.3. The fourth-order valence-electron chi connectivity index (χ4n) is 1.79. The summed E-state index contributed by atoms with van der Waals surface area (Å²) >= 11 is 0. The van der Waals surface area contributed by atoms with E-state index < -0.39 is 0 Å². The van der Waals surface area contributed by atoms with Gasteiger partial charge in [0, 0.05) is 12.1 Å². The molecule has 0 aliphatic carbocycles. The molecule has 2 N–H and O–H groups in total. The van der Waals surface area contributed by atoms with Gasteiger partial charge in [-0.15, -0.1) is 0 Å². The lowest BCUT2D eigenvalue weighted by atomic mass is 10.1. The third-order valence-corrected chi connectivity index (χ3v) is 2.99. The molecule has 6 heteroatoms. The molecule has 0 aromatic carbocycles. The van der Waals surface area contributed by atoms with Crippen LogP contribution in [0.25, 0.3) is 0 Å². The number of carbonyl (C=O) groups excluding carboxylic acids is 1. The van der Waals surface area contributed by atoms with E-state index in [1.165, 1.54) is 0 Å². The normalized spacial score (nSPS) is 11.0. The molecule has 2 aromatic rings. The van der Waals surface area contributed by atoms with Gasteiger partial charge in [-0.1, -0.05) is 13.8 Å². The molecule has 0 bridgehead atoms. The Balaban J connectivity index is 2.25. The number of aryl methyl sites for hydroxylation is 2. The summed E-state index contributed by atoms with van der Waals surface area (Å²) < 4.78 is 1.72. The number of hydrogen-bond donors (Lipinski definition) is 2. The van der Waals surface area contributed by atoms with E-state index in [2.05, 4.69) is 34.5 Å². The van der Waals surface area contributed by atoms with Crippen molar-refractivity contribution < 1.29 is 4.79 Å². The number of hydrogen-bond acceptors (Lipinski definition) is 3. The third-order valence-electron chi connectivity index (χ3n) is 2.99. The van der Waals surface area contributed by atoms with Crippen LogP contribution in [0.1, 0.15) is 48.4 Å². The lowest BCUT2D eigenvalue weighted by Crippen LogP contribution is -2.18. The van der Waals surface area contributed by atoms with E-state index in [1.807, 2.05) is 19.9 Å². The van der Waals surface area contributed by atoms with Gasteiger partial charge in [-0.3, -0.25) is 14.6 Å². The molecule has 1 amide bonds. The zero-order valence-electron chi connectivity index (χ0n) is 11.7.